The van der Waals surface area contributed by atoms with Crippen molar-refractivity contribution in [2.24, 2.45) is 5.92 Å². The van der Waals surface area contributed by atoms with E-state index in [9.17, 15) is 4.79 Å². The Hall–Kier alpha value is -1.42. The van der Waals surface area contributed by atoms with Crippen LogP contribution in [0.25, 0.3) is 0 Å². The van der Waals surface area contributed by atoms with Crippen LogP contribution in [-0.2, 0) is 0 Å². The lowest BCUT2D eigenvalue weighted by Gasteiger charge is -2.10. The van der Waals surface area contributed by atoms with Crippen LogP contribution < -0.4 is 5.32 Å². The maximum absolute atomic E-state index is 11.6. The van der Waals surface area contributed by atoms with Gasteiger partial charge in [-0.05, 0) is 24.5 Å². The molecule has 82 valence electrons. The monoisotopic (exact) mass is 208 g/mol. The van der Waals surface area contributed by atoms with E-state index < -0.39 is 0 Å². The molecule has 0 spiro atoms. The van der Waals surface area contributed by atoms with Crippen LogP contribution in [0.4, 0.5) is 0 Å². The van der Waals surface area contributed by atoms with Crippen molar-refractivity contribution in [3.05, 3.63) is 30.1 Å². The first-order valence-electron chi connectivity index (χ1n) is 5.03. The molecule has 1 aromatic rings. The van der Waals surface area contributed by atoms with E-state index in [1.165, 1.54) is 0 Å². The first-order valence-corrected chi connectivity index (χ1v) is 5.03. The van der Waals surface area contributed by atoms with Crippen LogP contribution in [0, 0.1) is 5.92 Å². The highest BCUT2D eigenvalue weighted by molar-refractivity contribution is 5.93. The third-order valence-corrected chi connectivity index (χ3v) is 2.18. The van der Waals surface area contributed by atoms with Crippen LogP contribution in [0.2, 0.25) is 0 Å². The Morgan fingerprint density at radius 2 is 2.20 bits per heavy atom. The number of aliphatic hydroxyl groups is 1. The van der Waals surface area contributed by atoms with E-state index >= 15 is 0 Å². The van der Waals surface area contributed by atoms with Gasteiger partial charge in [0.2, 0.25) is 0 Å². The number of amides is 1. The minimum Gasteiger partial charge on any atom is -0.396 e. The summed E-state index contributed by atoms with van der Waals surface area (Å²) in [5.41, 5.74) is 0.612. The van der Waals surface area contributed by atoms with Crippen LogP contribution >= 0.6 is 0 Å². The van der Waals surface area contributed by atoms with Gasteiger partial charge in [-0.3, -0.25) is 9.78 Å². The largest absolute Gasteiger partial charge is 0.396 e. The maximum Gasteiger partial charge on any atom is 0.251 e. The van der Waals surface area contributed by atoms with E-state index in [1.807, 2.05) is 6.92 Å². The maximum atomic E-state index is 11.6. The average Bonchev–Trinajstić information content (AvgIpc) is 2.27. The van der Waals surface area contributed by atoms with Crippen LogP contribution in [0.5, 0.6) is 0 Å². The number of hydrogen-bond acceptors (Lipinski definition) is 3. The van der Waals surface area contributed by atoms with Gasteiger partial charge in [-0.25, -0.2) is 0 Å². The molecular weight excluding hydrogens is 192 g/mol. The molecule has 2 N–H and O–H groups in total. The first-order chi connectivity index (χ1) is 7.24. The van der Waals surface area contributed by atoms with Crippen molar-refractivity contribution in [3.63, 3.8) is 0 Å². The summed E-state index contributed by atoms with van der Waals surface area (Å²) in [6.45, 7) is 2.73. The van der Waals surface area contributed by atoms with Crippen LogP contribution in [0.15, 0.2) is 24.5 Å². The summed E-state index contributed by atoms with van der Waals surface area (Å²) < 4.78 is 0. The third-order valence-electron chi connectivity index (χ3n) is 2.18. The van der Waals surface area contributed by atoms with E-state index in [4.69, 9.17) is 5.11 Å². The fourth-order valence-corrected chi connectivity index (χ4v) is 1.19. The second-order valence-corrected chi connectivity index (χ2v) is 3.56. The Kier molecular flexibility index (Phi) is 4.77. The van der Waals surface area contributed by atoms with Crippen LogP contribution in [0.1, 0.15) is 23.7 Å². The molecular formula is C11H16N2O2. The highest BCUT2D eigenvalue weighted by Gasteiger charge is 2.06. The summed E-state index contributed by atoms with van der Waals surface area (Å²) in [4.78, 5) is 15.4. The lowest BCUT2D eigenvalue weighted by Crippen LogP contribution is -2.28. The molecule has 1 heterocycles. The third kappa shape index (κ3) is 4.08. The molecule has 1 atom stereocenters. The molecule has 0 aliphatic rings. The molecule has 0 bridgehead atoms. The van der Waals surface area contributed by atoms with Crippen molar-refractivity contribution in [1.82, 2.24) is 10.3 Å². The van der Waals surface area contributed by atoms with Crippen molar-refractivity contribution in [3.8, 4) is 0 Å². The Labute approximate surface area is 89.3 Å². The Morgan fingerprint density at radius 1 is 1.53 bits per heavy atom. The highest BCUT2D eigenvalue weighted by atomic mass is 16.3. The molecule has 0 aliphatic heterocycles. The molecule has 1 aromatic heterocycles. The predicted molar refractivity (Wildman–Crippen MR) is 57.4 cm³/mol. The van der Waals surface area contributed by atoms with Crippen LogP contribution in [-0.4, -0.2) is 29.1 Å². The molecule has 4 nitrogen and oxygen atoms in total. The molecule has 0 fully saturated rings. The van der Waals surface area contributed by atoms with E-state index in [0.717, 1.165) is 0 Å². The van der Waals surface area contributed by atoms with Crippen LogP contribution in [0.3, 0.4) is 0 Å². The quantitative estimate of drug-likeness (QED) is 0.753. The van der Waals surface area contributed by atoms with E-state index in [2.05, 4.69) is 10.3 Å². The smallest absolute Gasteiger partial charge is 0.251 e. The second-order valence-electron chi connectivity index (χ2n) is 3.56. The molecule has 0 aromatic carbocycles. The number of nitrogens with one attached hydrogen (secondary N) is 1. The number of aliphatic hydroxyl groups excluding tert-OH is 1. The summed E-state index contributed by atoms with van der Waals surface area (Å²) in [6, 6.07) is 3.35. The number of aromatic nitrogens is 1. The molecule has 0 saturated heterocycles. The zero-order valence-electron chi connectivity index (χ0n) is 8.81. The Balaban J connectivity index is 2.37. The number of carbonyl (C=O) groups excluding carboxylic acids is 1. The summed E-state index contributed by atoms with van der Waals surface area (Å²) in [5, 5.41) is 11.5. The summed E-state index contributed by atoms with van der Waals surface area (Å²) in [6.07, 6.45) is 3.88. The zero-order valence-corrected chi connectivity index (χ0v) is 8.81. The average molecular weight is 208 g/mol. The Bertz CT molecular complexity index is 301. The lowest BCUT2D eigenvalue weighted by molar-refractivity contribution is 0.0945. The van der Waals surface area contributed by atoms with Crippen molar-refractivity contribution >= 4 is 5.91 Å². The molecule has 0 saturated carbocycles. The van der Waals surface area contributed by atoms with Gasteiger partial charge in [-0.2, -0.15) is 0 Å². The van der Waals surface area contributed by atoms with Crippen molar-refractivity contribution in [2.45, 2.75) is 13.3 Å². The van der Waals surface area contributed by atoms with Gasteiger partial charge in [0.25, 0.3) is 5.91 Å². The second kappa shape index (κ2) is 6.14. The number of pyridine rings is 1. The van der Waals surface area contributed by atoms with Gasteiger partial charge in [0.1, 0.15) is 0 Å². The summed E-state index contributed by atoms with van der Waals surface area (Å²) in [5.74, 6) is 0.197. The Morgan fingerprint density at radius 3 is 2.80 bits per heavy atom. The van der Waals surface area contributed by atoms with Gasteiger partial charge in [0.15, 0.2) is 0 Å². The van der Waals surface area contributed by atoms with Gasteiger partial charge in [-0.1, -0.05) is 6.92 Å². The SMILES string of the molecule is CC(CCO)CNC(=O)c1ccncc1. The lowest BCUT2D eigenvalue weighted by atomic mass is 10.1. The molecule has 0 aliphatic carbocycles. The zero-order chi connectivity index (χ0) is 11.1. The number of rotatable bonds is 5. The number of hydrogen-bond donors (Lipinski definition) is 2. The topological polar surface area (TPSA) is 62.2 Å². The molecule has 15 heavy (non-hydrogen) atoms. The van der Waals surface area contributed by atoms with Gasteiger partial charge in [0, 0.05) is 31.1 Å². The molecule has 4 heteroatoms. The van der Waals surface area contributed by atoms with Crippen molar-refractivity contribution < 1.29 is 9.90 Å². The highest BCUT2D eigenvalue weighted by Crippen LogP contribution is 2.00. The summed E-state index contributed by atoms with van der Waals surface area (Å²) in [7, 11) is 0. The molecule has 0 radical (unpaired) electrons. The van der Waals surface area contributed by atoms with E-state index in [0.29, 0.717) is 24.4 Å². The van der Waals surface area contributed by atoms with Gasteiger partial charge in [-0.15, -0.1) is 0 Å². The van der Waals surface area contributed by atoms with Crippen molar-refractivity contribution in [1.29, 1.82) is 0 Å². The number of nitrogens with zero attached hydrogens (tertiary/aromatic N) is 1. The first kappa shape index (κ1) is 11.7. The number of carbonyl (C=O) groups is 1. The van der Waals surface area contributed by atoms with E-state index in [1.54, 1.807) is 24.5 Å². The fraction of sp³-hybridized carbons (Fsp3) is 0.455. The minimum absolute atomic E-state index is 0.0952. The summed E-state index contributed by atoms with van der Waals surface area (Å²) >= 11 is 0. The van der Waals surface area contributed by atoms with Gasteiger partial charge >= 0.3 is 0 Å². The molecule has 1 unspecified atom stereocenters. The standard InChI is InChI=1S/C11H16N2O2/c1-9(4-7-14)8-13-11(15)10-2-5-12-6-3-10/h2-3,5-6,9,14H,4,7-8H2,1H3,(H,13,15). The fourth-order valence-electron chi connectivity index (χ4n) is 1.19. The van der Waals surface area contributed by atoms with Crippen molar-refractivity contribution in [2.75, 3.05) is 13.2 Å². The molecule has 1 amide bonds. The molecule has 1 rings (SSSR count). The normalized spacial score (nSPS) is 12.1. The predicted octanol–water partition coefficient (Wildman–Crippen LogP) is 0.830. The van der Waals surface area contributed by atoms with E-state index in [-0.39, 0.29) is 12.5 Å². The minimum atomic E-state index is -0.0952. The van der Waals surface area contributed by atoms with Gasteiger partial charge < -0.3 is 10.4 Å². The van der Waals surface area contributed by atoms with Gasteiger partial charge in [0.05, 0.1) is 0 Å².